The lowest BCUT2D eigenvalue weighted by Crippen LogP contribution is -2.37. The van der Waals surface area contributed by atoms with Gasteiger partial charge < -0.3 is 5.32 Å². The Kier molecular flexibility index (Phi) is 5.03. The summed E-state index contributed by atoms with van der Waals surface area (Å²) in [5.74, 6) is 0.947. The molecule has 1 amide bonds. The van der Waals surface area contributed by atoms with Gasteiger partial charge in [0, 0.05) is 15.2 Å². The van der Waals surface area contributed by atoms with E-state index in [-0.39, 0.29) is 5.91 Å². The Hall–Kier alpha value is -0.580. The van der Waals surface area contributed by atoms with Gasteiger partial charge in [0.25, 0.3) is 5.91 Å². The summed E-state index contributed by atoms with van der Waals surface area (Å²) in [4.78, 5) is 12.1. The van der Waals surface area contributed by atoms with Crippen LogP contribution in [0.25, 0.3) is 0 Å². The highest BCUT2D eigenvalue weighted by atomic mass is 127. The van der Waals surface area contributed by atoms with Crippen molar-refractivity contribution in [3.63, 3.8) is 0 Å². The highest BCUT2D eigenvalue weighted by molar-refractivity contribution is 14.1. The van der Waals surface area contributed by atoms with Crippen LogP contribution >= 0.6 is 22.6 Å². The van der Waals surface area contributed by atoms with Crippen LogP contribution in [0.2, 0.25) is 0 Å². The van der Waals surface area contributed by atoms with Crippen LogP contribution in [0.5, 0.6) is 0 Å². The predicted molar refractivity (Wildman–Crippen MR) is 82.7 cm³/mol. The van der Waals surface area contributed by atoms with Crippen molar-refractivity contribution in [3.8, 4) is 0 Å². The molecule has 1 aromatic carbocycles. The van der Waals surface area contributed by atoms with Crippen LogP contribution in [0.3, 0.4) is 0 Å². The van der Waals surface area contributed by atoms with E-state index >= 15 is 0 Å². The molecule has 18 heavy (non-hydrogen) atoms. The summed E-state index contributed by atoms with van der Waals surface area (Å²) in [5, 5.41) is 3.16. The van der Waals surface area contributed by atoms with E-state index in [1.165, 1.54) is 19.3 Å². The van der Waals surface area contributed by atoms with Crippen molar-refractivity contribution in [1.82, 2.24) is 5.32 Å². The number of nitrogens with one attached hydrogen (secondary N) is 1. The van der Waals surface area contributed by atoms with Crippen molar-refractivity contribution in [2.75, 3.05) is 0 Å². The molecule has 1 aliphatic carbocycles. The number of carbonyl (C=O) groups excluding carboxylic acids is 1. The summed E-state index contributed by atoms with van der Waals surface area (Å²) in [6.07, 6.45) is 6.06. The second-order valence-electron chi connectivity index (χ2n) is 5.11. The van der Waals surface area contributed by atoms with Crippen LogP contribution in [0.15, 0.2) is 24.3 Å². The van der Waals surface area contributed by atoms with E-state index in [1.807, 2.05) is 24.3 Å². The minimum Gasteiger partial charge on any atom is -0.349 e. The number of rotatable bonds is 3. The molecule has 0 atom stereocenters. The SMILES string of the molecule is CCC1CCC(NC(=O)c2ccc(I)cc2)CC1. The lowest BCUT2D eigenvalue weighted by Gasteiger charge is -2.28. The first-order chi connectivity index (χ1) is 8.69. The summed E-state index contributed by atoms with van der Waals surface area (Å²) in [6.45, 7) is 2.26. The van der Waals surface area contributed by atoms with Gasteiger partial charge in [0.2, 0.25) is 0 Å². The van der Waals surface area contributed by atoms with Gasteiger partial charge in [-0.15, -0.1) is 0 Å². The molecule has 98 valence electrons. The van der Waals surface area contributed by atoms with Crippen LogP contribution in [-0.2, 0) is 0 Å². The molecule has 0 spiro atoms. The summed E-state index contributed by atoms with van der Waals surface area (Å²) >= 11 is 2.25. The first-order valence-electron chi connectivity index (χ1n) is 6.75. The molecule has 2 nitrogen and oxygen atoms in total. The van der Waals surface area contributed by atoms with Crippen molar-refractivity contribution in [1.29, 1.82) is 0 Å². The topological polar surface area (TPSA) is 29.1 Å². The van der Waals surface area contributed by atoms with Gasteiger partial charge in [-0.2, -0.15) is 0 Å². The molecule has 0 heterocycles. The first-order valence-corrected chi connectivity index (χ1v) is 7.83. The zero-order valence-electron chi connectivity index (χ0n) is 10.8. The van der Waals surface area contributed by atoms with Gasteiger partial charge in [-0.05, 0) is 78.5 Å². The van der Waals surface area contributed by atoms with E-state index in [4.69, 9.17) is 0 Å². The monoisotopic (exact) mass is 357 g/mol. The molecule has 0 bridgehead atoms. The second kappa shape index (κ2) is 6.55. The number of benzene rings is 1. The summed E-state index contributed by atoms with van der Waals surface area (Å²) in [5.41, 5.74) is 0.771. The summed E-state index contributed by atoms with van der Waals surface area (Å²) in [6, 6.07) is 8.12. The largest absolute Gasteiger partial charge is 0.349 e. The average molecular weight is 357 g/mol. The van der Waals surface area contributed by atoms with E-state index in [0.717, 1.165) is 27.9 Å². The fourth-order valence-corrected chi connectivity index (χ4v) is 2.94. The molecule has 3 heteroatoms. The summed E-state index contributed by atoms with van der Waals surface area (Å²) in [7, 11) is 0. The molecule has 1 N–H and O–H groups in total. The van der Waals surface area contributed by atoms with Crippen LogP contribution in [0, 0.1) is 9.49 Å². The van der Waals surface area contributed by atoms with Gasteiger partial charge in [-0.25, -0.2) is 0 Å². The lowest BCUT2D eigenvalue weighted by atomic mass is 9.84. The minimum absolute atomic E-state index is 0.0753. The molecule has 1 aromatic rings. The van der Waals surface area contributed by atoms with E-state index in [2.05, 4.69) is 34.8 Å². The van der Waals surface area contributed by atoms with Crippen molar-refractivity contribution in [3.05, 3.63) is 33.4 Å². The molecular weight excluding hydrogens is 337 g/mol. The molecular formula is C15H20INO. The molecule has 0 radical (unpaired) electrons. The Balaban J connectivity index is 1.86. The molecule has 2 rings (SSSR count). The van der Waals surface area contributed by atoms with Gasteiger partial charge in [0.05, 0.1) is 0 Å². The zero-order chi connectivity index (χ0) is 13.0. The number of halogens is 1. The Bertz CT molecular complexity index is 393. The standard InChI is InChI=1S/C15H20INO/c1-2-11-3-9-14(10-4-11)17-15(18)12-5-7-13(16)8-6-12/h5-8,11,14H,2-4,9-10H2,1H3,(H,17,18). The van der Waals surface area contributed by atoms with Crippen LogP contribution in [0.1, 0.15) is 49.4 Å². The predicted octanol–water partition coefficient (Wildman–Crippen LogP) is 3.99. The van der Waals surface area contributed by atoms with Crippen molar-refractivity contribution < 1.29 is 4.79 Å². The quantitative estimate of drug-likeness (QED) is 0.815. The number of carbonyl (C=O) groups is 1. The fourth-order valence-electron chi connectivity index (χ4n) is 2.59. The highest BCUT2D eigenvalue weighted by Crippen LogP contribution is 2.26. The normalized spacial score (nSPS) is 23.7. The van der Waals surface area contributed by atoms with Gasteiger partial charge in [0.1, 0.15) is 0 Å². The van der Waals surface area contributed by atoms with Crippen LogP contribution in [0.4, 0.5) is 0 Å². The third-order valence-corrected chi connectivity index (χ3v) is 4.58. The van der Waals surface area contributed by atoms with Crippen molar-refractivity contribution in [2.24, 2.45) is 5.92 Å². The highest BCUT2D eigenvalue weighted by Gasteiger charge is 2.21. The Morgan fingerprint density at radius 3 is 2.39 bits per heavy atom. The lowest BCUT2D eigenvalue weighted by molar-refractivity contribution is 0.0921. The van der Waals surface area contributed by atoms with E-state index in [1.54, 1.807) is 0 Å². The number of hydrogen-bond donors (Lipinski definition) is 1. The minimum atomic E-state index is 0.0753. The van der Waals surface area contributed by atoms with Gasteiger partial charge in [0.15, 0.2) is 0 Å². The van der Waals surface area contributed by atoms with Crippen molar-refractivity contribution >= 4 is 28.5 Å². The second-order valence-corrected chi connectivity index (χ2v) is 6.35. The molecule has 0 saturated heterocycles. The average Bonchev–Trinajstić information content (AvgIpc) is 2.40. The maximum Gasteiger partial charge on any atom is 0.251 e. The number of hydrogen-bond acceptors (Lipinski definition) is 1. The maximum atomic E-state index is 12.1. The third-order valence-electron chi connectivity index (χ3n) is 3.87. The third kappa shape index (κ3) is 3.70. The Morgan fingerprint density at radius 2 is 1.83 bits per heavy atom. The van der Waals surface area contributed by atoms with Crippen LogP contribution < -0.4 is 5.32 Å². The fraction of sp³-hybridized carbons (Fsp3) is 0.533. The summed E-state index contributed by atoms with van der Waals surface area (Å²) < 4.78 is 1.16. The van der Waals surface area contributed by atoms with Gasteiger partial charge in [-0.3, -0.25) is 4.79 Å². The van der Waals surface area contributed by atoms with E-state index in [9.17, 15) is 4.79 Å². The molecule has 1 saturated carbocycles. The molecule has 1 fully saturated rings. The number of amides is 1. The molecule has 1 aliphatic rings. The van der Waals surface area contributed by atoms with Gasteiger partial charge >= 0.3 is 0 Å². The Morgan fingerprint density at radius 1 is 1.22 bits per heavy atom. The molecule has 0 aromatic heterocycles. The first kappa shape index (κ1) is 13.8. The van der Waals surface area contributed by atoms with E-state index in [0.29, 0.717) is 6.04 Å². The zero-order valence-corrected chi connectivity index (χ0v) is 12.9. The Labute approximate surface area is 123 Å². The van der Waals surface area contributed by atoms with E-state index < -0.39 is 0 Å². The van der Waals surface area contributed by atoms with Crippen LogP contribution in [-0.4, -0.2) is 11.9 Å². The molecule has 0 aliphatic heterocycles. The van der Waals surface area contributed by atoms with Crippen molar-refractivity contribution in [2.45, 2.75) is 45.1 Å². The van der Waals surface area contributed by atoms with Gasteiger partial charge in [-0.1, -0.05) is 13.3 Å². The smallest absolute Gasteiger partial charge is 0.251 e. The molecule has 0 unspecified atom stereocenters. The maximum absolute atomic E-state index is 12.1.